The lowest BCUT2D eigenvalue weighted by atomic mass is 9.86. The molecule has 0 fully saturated rings. The molecular formula is C23H22N4O. The molecule has 0 atom stereocenters. The van der Waals surface area contributed by atoms with Crippen LogP contribution in [0.1, 0.15) is 36.7 Å². The molecule has 4 rings (SSSR count). The molecule has 0 saturated heterocycles. The van der Waals surface area contributed by atoms with E-state index in [1.165, 1.54) is 5.56 Å². The molecule has 28 heavy (non-hydrogen) atoms. The van der Waals surface area contributed by atoms with Gasteiger partial charge in [-0.1, -0.05) is 57.2 Å². The number of amides is 1. The van der Waals surface area contributed by atoms with E-state index in [2.05, 4.69) is 55.0 Å². The molecule has 0 bridgehead atoms. The fourth-order valence-corrected chi connectivity index (χ4v) is 3.22. The fraction of sp³-hybridized carbons (Fsp3) is 0.174. The van der Waals surface area contributed by atoms with E-state index in [9.17, 15) is 4.79 Å². The molecule has 140 valence electrons. The molecular weight excluding hydrogens is 348 g/mol. The summed E-state index contributed by atoms with van der Waals surface area (Å²) in [5, 5.41) is 0. The van der Waals surface area contributed by atoms with Crippen molar-refractivity contribution in [1.82, 2.24) is 14.4 Å². The van der Waals surface area contributed by atoms with E-state index < -0.39 is 5.91 Å². The number of carbonyl (C=O) groups is 1. The molecule has 0 aliphatic carbocycles. The van der Waals surface area contributed by atoms with Crippen LogP contribution in [-0.4, -0.2) is 20.3 Å². The van der Waals surface area contributed by atoms with Gasteiger partial charge in [-0.25, -0.2) is 4.98 Å². The second-order valence-electron chi connectivity index (χ2n) is 7.92. The van der Waals surface area contributed by atoms with Gasteiger partial charge in [0.1, 0.15) is 0 Å². The molecule has 0 saturated carbocycles. The highest BCUT2D eigenvalue weighted by atomic mass is 16.1. The Morgan fingerprint density at radius 1 is 0.964 bits per heavy atom. The maximum absolute atomic E-state index is 11.5. The zero-order valence-electron chi connectivity index (χ0n) is 16.2. The minimum Gasteiger partial charge on any atom is -0.366 e. The van der Waals surface area contributed by atoms with Gasteiger partial charge in [-0.05, 0) is 23.1 Å². The normalized spacial score (nSPS) is 11.7. The first-order chi connectivity index (χ1) is 13.3. The number of hydrogen-bond acceptors (Lipinski definition) is 3. The van der Waals surface area contributed by atoms with Gasteiger partial charge >= 0.3 is 0 Å². The largest absolute Gasteiger partial charge is 0.366 e. The monoisotopic (exact) mass is 370 g/mol. The summed E-state index contributed by atoms with van der Waals surface area (Å²) in [6.45, 7) is 6.61. The average molecular weight is 370 g/mol. The van der Waals surface area contributed by atoms with Crippen LogP contribution in [-0.2, 0) is 5.41 Å². The van der Waals surface area contributed by atoms with E-state index in [1.807, 2.05) is 22.9 Å². The topological polar surface area (TPSA) is 73.3 Å². The van der Waals surface area contributed by atoms with Crippen molar-refractivity contribution in [2.75, 3.05) is 0 Å². The Morgan fingerprint density at radius 2 is 1.71 bits per heavy atom. The van der Waals surface area contributed by atoms with Gasteiger partial charge in [-0.2, -0.15) is 0 Å². The Kier molecular flexibility index (Phi) is 4.23. The second-order valence-corrected chi connectivity index (χ2v) is 7.92. The molecule has 5 heteroatoms. The van der Waals surface area contributed by atoms with Crippen LogP contribution in [0.15, 0.2) is 67.1 Å². The third-order valence-corrected chi connectivity index (χ3v) is 4.89. The molecule has 1 amide bonds. The first-order valence-electron chi connectivity index (χ1n) is 9.17. The SMILES string of the molecule is CC(C)(C)c1ccc(-c2cnc3cnc(-c4cccc(C(N)=O)c4)cn23)cc1. The smallest absolute Gasteiger partial charge is 0.248 e. The summed E-state index contributed by atoms with van der Waals surface area (Å²) in [5.74, 6) is -0.454. The zero-order valence-corrected chi connectivity index (χ0v) is 16.2. The van der Waals surface area contributed by atoms with Gasteiger partial charge in [0, 0.05) is 22.9 Å². The van der Waals surface area contributed by atoms with E-state index in [1.54, 1.807) is 24.4 Å². The van der Waals surface area contributed by atoms with Gasteiger partial charge in [0.25, 0.3) is 0 Å². The van der Waals surface area contributed by atoms with Crippen LogP contribution in [0.3, 0.4) is 0 Å². The summed E-state index contributed by atoms with van der Waals surface area (Å²) in [4.78, 5) is 20.4. The van der Waals surface area contributed by atoms with Crippen molar-refractivity contribution >= 4 is 11.6 Å². The highest BCUT2D eigenvalue weighted by Gasteiger charge is 2.14. The Balaban J connectivity index is 1.79. The van der Waals surface area contributed by atoms with Crippen LogP contribution in [0.25, 0.3) is 28.2 Å². The molecule has 4 aromatic rings. The first kappa shape index (κ1) is 17.9. The van der Waals surface area contributed by atoms with Crippen LogP contribution in [0.4, 0.5) is 0 Å². The number of rotatable bonds is 3. The number of primary amides is 1. The lowest BCUT2D eigenvalue weighted by molar-refractivity contribution is 0.100. The lowest BCUT2D eigenvalue weighted by Crippen LogP contribution is -2.10. The van der Waals surface area contributed by atoms with Gasteiger partial charge in [0.05, 0.1) is 23.8 Å². The van der Waals surface area contributed by atoms with E-state index in [4.69, 9.17) is 5.73 Å². The van der Waals surface area contributed by atoms with Crippen molar-refractivity contribution < 1.29 is 4.79 Å². The van der Waals surface area contributed by atoms with Gasteiger partial charge in [-0.3, -0.25) is 14.2 Å². The van der Waals surface area contributed by atoms with Gasteiger partial charge in [0.15, 0.2) is 5.65 Å². The Labute approximate surface area is 163 Å². The maximum atomic E-state index is 11.5. The predicted molar refractivity (Wildman–Crippen MR) is 111 cm³/mol. The van der Waals surface area contributed by atoms with Crippen LogP contribution >= 0.6 is 0 Å². The van der Waals surface area contributed by atoms with E-state index in [0.29, 0.717) is 5.56 Å². The number of nitrogens with two attached hydrogens (primary N) is 1. The summed E-state index contributed by atoms with van der Waals surface area (Å²) in [5.41, 5.74) is 11.7. The molecule has 0 unspecified atom stereocenters. The third kappa shape index (κ3) is 3.27. The standard InChI is InChI=1S/C23H22N4O/c1-23(2,3)18-9-7-15(8-10-18)20-12-26-21-13-25-19(14-27(20)21)16-5-4-6-17(11-16)22(24)28/h4-14H,1-3H3,(H2,24,28). The Morgan fingerprint density at radius 3 is 2.39 bits per heavy atom. The maximum Gasteiger partial charge on any atom is 0.248 e. The summed E-state index contributed by atoms with van der Waals surface area (Å²) in [6.07, 6.45) is 5.53. The first-order valence-corrected chi connectivity index (χ1v) is 9.17. The van der Waals surface area contributed by atoms with Crippen LogP contribution in [0, 0.1) is 0 Å². The molecule has 2 N–H and O–H groups in total. The average Bonchev–Trinajstić information content (AvgIpc) is 3.10. The van der Waals surface area contributed by atoms with E-state index in [-0.39, 0.29) is 5.41 Å². The molecule has 2 heterocycles. The van der Waals surface area contributed by atoms with E-state index >= 15 is 0 Å². The molecule has 5 nitrogen and oxygen atoms in total. The summed E-state index contributed by atoms with van der Waals surface area (Å²) < 4.78 is 2.02. The molecule has 0 radical (unpaired) electrons. The summed E-state index contributed by atoms with van der Waals surface area (Å²) in [7, 11) is 0. The highest BCUT2D eigenvalue weighted by molar-refractivity contribution is 5.94. The van der Waals surface area contributed by atoms with E-state index in [0.717, 1.165) is 28.2 Å². The minimum absolute atomic E-state index is 0.112. The van der Waals surface area contributed by atoms with Crippen molar-refractivity contribution in [3.8, 4) is 22.5 Å². The minimum atomic E-state index is -0.454. The number of hydrogen-bond donors (Lipinski definition) is 1. The van der Waals surface area contributed by atoms with Crippen molar-refractivity contribution in [3.05, 3.63) is 78.2 Å². The molecule has 0 aliphatic heterocycles. The number of aromatic nitrogens is 3. The Hall–Kier alpha value is -3.47. The number of imidazole rings is 1. The number of benzene rings is 2. The summed E-state index contributed by atoms with van der Waals surface area (Å²) in [6, 6.07) is 15.7. The highest BCUT2D eigenvalue weighted by Crippen LogP contribution is 2.27. The zero-order chi connectivity index (χ0) is 19.9. The van der Waals surface area contributed by atoms with Gasteiger partial charge < -0.3 is 5.73 Å². The second kappa shape index (κ2) is 6.60. The third-order valence-electron chi connectivity index (χ3n) is 4.89. The molecule has 0 spiro atoms. The van der Waals surface area contributed by atoms with Crippen molar-refractivity contribution in [3.63, 3.8) is 0 Å². The van der Waals surface area contributed by atoms with Gasteiger partial charge in [0.2, 0.25) is 5.91 Å². The Bertz CT molecular complexity index is 1170. The molecule has 2 aromatic heterocycles. The van der Waals surface area contributed by atoms with Gasteiger partial charge in [-0.15, -0.1) is 0 Å². The summed E-state index contributed by atoms with van der Waals surface area (Å²) >= 11 is 0. The van der Waals surface area contributed by atoms with Crippen LogP contribution < -0.4 is 5.73 Å². The van der Waals surface area contributed by atoms with Crippen LogP contribution in [0.2, 0.25) is 0 Å². The van der Waals surface area contributed by atoms with Crippen molar-refractivity contribution in [2.24, 2.45) is 5.73 Å². The predicted octanol–water partition coefficient (Wildman–Crippen LogP) is 4.46. The number of nitrogens with zero attached hydrogens (tertiary/aromatic N) is 3. The quantitative estimate of drug-likeness (QED) is 0.579. The molecule has 2 aromatic carbocycles. The van der Waals surface area contributed by atoms with Crippen molar-refractivity contribution in [2.45, 2.75) is 26.2 Å². The number of carbonyl (C=O) groups excluding carboxylic acids is 1. The fourth-order valence-electron chi connectivity index (χ4n) is 3.22. The van der Waals surface area contributed by atoms with Crippen LogP contribution in [0.5, 0.6) is 0 Å². The molecule has 0 aliphatic rings. The number of fused-ring (bicyclic) bond motifs is 1. The van der Waals surface area contributed by atoms with Crippen molar-refractivity contribution in [1.29, 1.82) is 0 Å². The lowest BCUT2D eigenvalue weighted by Gasteiger charge is -2.19.